The van der Waals surface area contributed by atoms with Gasteiger partial charge in [0.15, 0.2) is 0 Å². The van der Waals surface area contributed by atoms with Crippen molar-refractivity contribution in [3.05, 3.63) is 54.1 Å². The molecule has 0 fully saturated rings. The first kappa shape index (κ1) is 11.1. The van der Waals surface area contributed by atoms with Crippen molar-refractivity contribution in [2.24, 2.45) is 12.0 Å². The van der Waals surface area contributed by atoms with Crippen molar-refractivity contribution >= 4 is 22.4 Å². The fraction of sp³-hybridized carbons (Fsp3) is 0.167. The summed E-state index contributed by atoms with van der Waals surface area (Å²) in [5, 5.41) is 1.30. The summed E-state index contributed by atoms with van der Waals surface area (Å²) in [4.78, 5) is 7.16. The molecule has 5 rings (SSSR count). The van der Waals surface area contributed by atoms with Gasteiger partial charge in [0.1, 0.15) is 5.84 Å². The van der Waals surface area contributed by atoms with Crippen LogP contribution in [0.25, 0.3) is 22.2 Å². The Hall–Kier alpha value is -2.55. The summed E-state index contributed by atoms with van der Waals surface area (Å²) in [6.45, 7) is 1.86. The van der Waals surface area contributed by atoms with Gasteiger partial charge in [-0.15, -0.1) is 0 Å². The molecule has 3 heterocycles. The van der Waals surface area contributed by atoms with E-state index >= 15 is 0 Å². The van der Waals surface area contributed by atoms with Crippen LogP contribution < -0.4 is 4.90 Å². The van der Waals surface area contributed by atoms with Gasteiger partial charge in [0.25, 0.3) is 0 Å². The van der Waals surface area contributed by atoms with Crippen molar-refractivity contribution in [3.63, 3.8) is 0 Å². The number of hydrogen-bond acceptors (Lipinski definition) is 2. The molecule has 21 heavy (non-hydrogen) atoms. The molecule has 0 radical (unpaired) electrons. The maximum atomic E-state index is 4.79. The van der Waals surface area contributed by atoms with E-state index in [2.05, 4.69) is 65.0 Å². The lowest BCUT2D eigenvalue weighted by Gasteiger charge is -2.29. The molecule has 0 unspecified atom stereocenters. The SMILES string of the molecule is Cn1c2c(c3ccccc31)C1=NCCN1c1ccccc1-2. The van der Waals surface area contributed by atoms with Crippen molar-refractivity contribution in [1.29, 1.82) is 0 Å². The van der Waals surface area contributed by atoms with Crippen molar-refractivity contribution < 1.29 is 0 Å². The molecule has 0 spiro atoms. The fourth-order valence-electron chi connectivity index (χ4n) is 3.74. The van der Waals surface area contributed by atoms with E-state index in [9.17, 15) is 0 Å². The van der Waals surface area contributed by atoms with E-state index in [1.807, 2.05) is 0 Å². The predicted octanol–water partition coefficient (Wildman–Crippen LogP) is 3.43. The van der Waals surface area contributed by atoms with E-state index < -0.39 is 0 Å². The van der Waals surface area contributed by atoms with Crippen molar-refractivity contribution in [2.45, 2.75) is 0 Å². The van der Waals surface area contributed by atoms with E-state index in [0.29, 0.717) is 0 Å². The lowest BCUT2D eigenvalue weighted by molar-refractivity contribution is 0.968. The number of rotatable bonds is 0. The zero-order chi connectivity index (χ0) is 14.0. The Morgan fingerprint density at radius 3 is 2.76 bits per heavy atom. The number of aromatic nitrogens is 1. The molecule has 0 saturated carbocycles. The monoisotopic (exact) mass is 273 g/mol. The Labute approximate surface area is 123 Å². The lowest BCUT2D eigenvalue weighted by atomic mass is 9.97. The van der Waals surface area contributed by atoms with Crippen LogP contribution in [0.15, 0.2) is 53.5 Å². The van der Waals surface area contributed by atoms with Crippen LogP contribution in [0.3, 0.4) is 0 Å². The minimum atomic E-state index is 0.881. The Kier molecular flexibility index (Phi) is 1.99. The topological polar surface area (TPSA) is 20.5 Å². The van der Waals surface area contributed by atoms with Crippen LogP contribution in [0.1, 0.15) is 5.56 Å². The first-order valence-electron chi connectivity index (χ1n) is 7.35. The van der Waals surface area contributed by atoms with Gasteiger partial charge in [-0.2, -0.15) is 0 Å². The van der Waals surface area contributed by atoms with Crippen LogP contribution in [0, 0.1) is 0 Å². The third-order valence-corrected chi connectivity index (χ3v) is 4.62. The molecule has 2 aliphatic heterocycles. The van der Waals surface area contributed by atoms with Crippen LogP contribution in [-0.2, 0) is 7.05 Å². The van der Waals surface area contributed by atoms with Gasteiger partial charge in [-0.05, 0) is 12.1 Å². The summed E-state index contributed by atoms with van der Waals surface area (Å²) in [6.07, 6.45) is 0. The lowest BCUT2D eigenvalue weighted by Crippen LogP contribution is -2.31. The number of anilines is 1. The van der Waals surface area contributed by atoms with Gasteiger partial charge in [-0.25, -0.2) is 0 Å². The molecule has 1 aromatic heterocycles. The van der Waals surface area contributed by atoms with Gasteiger partial charge >= 0.3 is 0 Å². The van der Waals surface area contributed by atoms with Gasteiger partial charge in [-0.1, -0.05) is 36.4 Å². The Balaban J connectivity index is 2.01. The summed E-state index contributed by atoms with van der Waals surface area (Å²) in [5.41, 5.74) is 6.46. The average molecular weight is 273 g/mol. The van der Waals surface area contributed by atoms with Gasteiger partial charge in [-0.3, -0.25) is 4.99 Å². The molecule has 0 N–H and O–H groups in total. The van der Waals surface area contributed by atoms with E-state index in [1.54, 1.807) is 0 Å². The fourth-order valence-corrected chi connectivity index (χ4v) is 3.74. The summed E-state index contributed by atoms with van der Waals surface area (Å²) >= 11 is 0. The van der Waals surface area contributed by atoms with E-state index in [4.69, 9.17) is 4.99 Å². The molecule has 3 heteroatoms. The summed E-state index contributed by atoms with van der Waals surface area (Å²) in [6, 6.07) is 17.3. The summed E-state index contributed by atoms with van der Waals surface area (Å²) in [5.74, 6) is 1.14. The first-order valence-corrected chi connectivity index (χ1v) is 7.35. The largest absolute Gasteiger partial charge is 0.343 e. The van der Waals surface area contributed by atoms with E-state index in [1.165, 1.54) is 33.4 Å². The molecule has 2 aromatic carbocycles. The number of aryl methyl sites for hydroxylation is 1. The second-order valence-electron chi connectivity index (χ2n) is 5.67. The molecule has 3 nitrogen and oxygen atoms in total. The highest BCUT2D eigenvalue weighted by molar-refractivity contribution is 6.25. The normalized spacial score (nSPS) is 15.7. The molecule has 3 aromatic rings. The number of fused-ring (bicyclic) bond motifs is 8. The summed E-state index contributed by atoms with van der Waals surface area (Å²) in [7, 11) is 2.16. The highest BCUT2D eigenvalue weighted by Crippen LogP contribution is 2.44. The number of benzene rings is 2. The highest BCUT2D eigenvalue weighted by atomic mass is 15.3. The van der Waals surface area contributed by atoms with Crippen molar-refractivity contribution in [1.82, 2.24) is 4.57 Å². The molecule has 0 amide bonds. The predicted molar refractivity (Wildman–Crippen MR) is 87.1 cm³/mol. The van der Waals surface area contributed by atoms with Crippen molar-refractivity contribution in [3.8, 4) is 11.3 Å². The quantitative estimate of drug-likeness (QED) is 0.614. The number of para-hydroxylation sites is 2. The van der Waals surface area contributed by atoms with Gasteiger partial charge < -0.3 is 9.47 Å². The molecular formula is C18H15N3. The molecule has 0 atom stereocenters. The number of nitrogens with zero attached hydrogens (tertiary/aromatic N) is 3. The maximum Gasteiger partial charge on any atom is 0.138 e. The molecular weight excluding hydrogens is 258 g/mol. The Morgan fingerprint density at radius 1 is 1.00 bits per heavy atom. The van der Waals surface area contributed by atoms with Crippen LogP contribution >= 0.6 is 0 Å². The minimum Gasteiger partial charge on any atom is -0.343 e. The van der Waals surface area contributed by atoms with Gasteiger partial charge in [0.05, 0.1) is 23.5 Å². The van der Waals surface area contributed by atoms with Crippen LogP contribution in [-0.4, -0.2) is 23.5 Å². The van der Waals surface area contributed by atoms with Crippen molar-refractivity contribution in [2.75, 3.05) is 18.0 Å². The Bertz CT molecular complexity index is 917. The molecule has 102 valence electrons. The second-order valence-corrected chi connectivity index (χ2v) is 5.67. The standard InChI is InChI=1S/C18H15N3/c1-20-14-8-4-2-6-12(14)16-17(20)13-7-3-5-9-15(13)21-11-10-19-18(16)21/h2-9H,10-11H2,1H3. The zero-order valence-corrected chi connectivity index (χ0v) is 11.9. The third kappa shape index (κ3) is 1.26. The smallest absolute Gasteiger partial charge is 0.138 e. The van der Waals surface area contributed by atoms with Crippen LogP contribution in [0.4, 0.5) is 5.69 Å². The zero-order valence-electron chi connectivity index (χ0n) is 11.9. The first-order chi connectivity index (χ1) is 10.4. The maximum absolute atomic E-state index is 4.79. The summed E-state index contributed by atoms with van der Waals surface area (Å²) < 4.78 is 2.31. The average Bonchev–Trinajstić information content (AvgIpc) is 3.12. The van der Waals surface area contributed by atoms with E-state index in [-0.39, 0.29) is 0 Å². The molecule has 0 bridgehead atoms. The molecule has 0 saturated heterocycles. The second kappa shape index (κ2) is 3.76. The van der Waals surface area contributed by atoms with Gasteiger partial charge in [0.2, 0.25) is 0 Å². The molecule has 0 aliphatic carbocycles. The third-order valence-electron chi connectivity index (χ3n) is 4.62. The van der Waals surface area contributed by atoms with Gasteiger partial charge in [0, 0.05) is 30.1 Å². The molecule has 2 aliphatic rings. The van der Waals surface area contributed by atoms with Crippen LogP contribution in [0.5, 0.6) is 0 Å². The van der Waals surface area contributed by atoms with E-state index in [0.717, 1.165) is 18.9 Å². The number of aliphatic imine (C=N–C) groups is 1. The van der Waals surface area contributed by atoms with Crippen LogP contribution in [0.2, 0.25) is 0 Å². The minimum absolute atomic E-state index is 0.881. The highest BCUT2D eigenvalue weighted by Gasteiger charge is 2.34. The number of amidine groups is 1. The Morgan fingerprint density at radius 2 is 1.81 bits per heavy atom. The number of hydrogen-bond donors (Lipinski definition) is 0.